The minimum Gasteiger partial charge on any atom is -0.369 e. The molecule has 4 rings (SSSR count). The molecule has 0 atom stereocenters. The van der Waals surface area contributed by atoms with Crippen LogP contribution in [0.5, 0.6) is 0 Å². The number of nitrogens with one attached hydrogen (secondary N) is 1. The van der Waals surface area contributed by atoms with E-state index in [1.165, 1.54) is 5.69 Å². The van der Waals surface area contributed by atoms with Crippen molar-refractivity contribution in [2.24, 2.45) is 0 Å². The molecule has 3 aromatic rings. The zero-order valence-electron chi connectivity index (χ0n) is 16.9. The third kappa shape index (κ3) is 4.30. The number of likely N-dealkylation sites (N-methyl/N-ethyl adjacent to an activating group) is 1. The van der Waals surface area contributed by atoms with Crippen molar-refractivity contribution in [3.8, 4) is 5.69 Å². The molecule has 1 fully saturated rings. The first-order chi connectivity index (χ1) is 14.1. The van der Waals surface area contributed by atoms with E-state index in [1.54, 1.807) is 10.9 Å². The summed E-state index contributed by atoms with van der Waals surface area (Å²) in [7, 11) is 0. The van der Waals surface area contributed by atoms with Gasteiger partial charge >= 0.3 is 0 Å². The number of nitrogens with zero attached hydrogens (tertiary/aromatic N) is 5. The van der Waals surface area contributed by atoms with Crippen molar-refractivity contribution in [3.63, 3.8) is 0 Å². The molecule has 0 spiro atoms. The molecule has 1 N–H and O–H groups in total. The van der Waals surface area contributed by atoms with Crippen molar-refractivity contribution < 1.29 is 4.79 Å². The third-order valence-corrected chi connectivity index (χ3v) is 5.36. The van der Waals surface area contributed by atoms with E-state index in [-0.39, 0.29) is 11.6 Å². The second kappa shape index (κ2) is 8.45. The molecule has 1 saturated heterocycles. The maximum Gasteiger partial charge on any atom is 0.277 e. The van der Waals surface area contributed by atoms with Crippen molar-refractivity contribution in [2.45, 2.75) is 13.8 Å². The molecule has 1 amide bonds. The maximum absolute atomic E-state index is 12.6. The molecule has 0 bridgehead atoms. The highest BCUT2D eigenvalue weighted by molar-refractivity contribution is 6.02. The number of carbonyl (C=O) groups excluding carboxylic acids is 1. The van der Waals surface area contributed by atoms with Gasteiger partial charge in [0.15, 0.2) is 5.69 Å². The van der Waals surface area contributed by atoms with E-state index in [9.17, 15) is 4.79 Å². The Balaban J connectivity index is 1.43. The van der Waals surface area contributed by atoms with Gasteiger partial charge in [-0.3, -0.25) is 4.79 Å². The number of para-hydroxylation sites is 1. The van der Waals surface area contributed by atoms with E-state index in [4.69, 9.17) is 0 Å². The van der Waals surface area contributed by atoms with E-state index in [0.29, 0.717) is 0 Å². The van der Waals surface area contributed by atoms with Gasteiger partial charge in [0.2, 0.25) is 0 Å². The molecule has 29 heavy (non-hydrogen) atoms. The Morgan fingerprint density at radius 3 is 2.52 bits per heavy atom. The summed E-state index contributed by atoms with van der Waals surface area (Å²) in [4.78, 5) is 17.5. The van der Waals surface area contributed by atoms with E-state index in [1.807, 2.05) is 42.5 Å². The first kappa shape index (κ1) is 19.1. The minimum absolute atomic E-state index is 0.268. The van der Waals surface area contributed by atoms with Gasteiger partial charge in [-0.1, -0.05) is 30.3 Å². The number of hydrogen-bond donors (Lipinski definition) is 1. The van der Waals surface area contributed by atoms with E-state index >= 15 is 0 Å². The van der Waals surface area contributed by atoms with Crippen LogP contribution in [0.2, 0.25) is 0 Å². The average Bonchev–Trinajstić information content (AvgIpc) is 3.25. The number of hydrogen-bond acceptors (Lipinski definition) is 5. The fourth-order valence-corrected chi connectivity index (χ4v) is 3.66. The molecule has 0 saturated carbocycles. The summed E-state index contributed by atoms with van der Waals surface area (Å²) in [5.41, 5.74) is 4.29. The Morgan fingerprint density at radius 1 is 1.07 bits per heavy atom. The van der Waals surface area contributed by atoms with Crippen LogP contribution in [0.1, 0.15) is 23.0 Å². The van der Waals surface area contributed by atoms with Crippen LogP contribution in [0.4, 0.5) is 11.4 Å². The number of amides is 1. The number of piperazine rings is 1. The third-order valence-electron chi connectivity index (χ3n) is 5.36. The lowest BCUT2D eigenvalue weighted by Gasteiger charge is -2.36. The number of aryl methyl sites for hydroxylation is 1. The maximum atomic E-state index is 12.6. The normalized spacial score (nSPS) is 14.8. The minimum atomic E-state index is -0.268. The Bertz CT molecular complexity index is 976. The monoisotopic (exact) mass is 390 g/mol. The van der Waals surface area contributed by atoms with Gasteiger partial charge in [-0.25, -0.2) is 4.68 Å². The quantitative estimate of drug-likeness (QED) is 0.726. The van der Waals surface area contributed by atoms with Crippen molar-refractivity contribution in [2.75, 3.05) is 42.9 Å². The number of aromatic nitrogens is 3. The molecule has 0 aliphatic carbocycles. The Kier molecular flexibility index (Phi) is 5.57. The average molecular weight is 390 g/mol. The van der Waals surface area contributed by atoms with Crippen LogP contribution in [0, 0.1) is 6.92 Å². The summed E-state index contributed by atoms with van der Waals surface area (Å²) in [5.74, 6) is -0.268. The number of rotatable bonds is 5. The van der Waals surface area contributed by atoms with Gasteiger partial charge in [0.05, 0.1) is 11.9 Å². The first-order valence-electron chi connectivity index (χ1n) is 10.0. The Hall–Kier alpha value is -3.19. The van der Waals surface area contributed by atoms with Crippen LogP contribution in [0.15, 0.2) is 54.7 Å². The van der Waals surface area contributed by atoms with Gasteiger partial charge in [0.25, 0.3) is 5.91 Å². The first-order valence-corrected chi connectivity index (χ1v) is 10.0. The zero-order valence-corrected chi connectivity index (χ0v) is 16.9. The molecule has 1 aliphatic heterocycles. The zero-order chi connectivity index (χ0) is 20.2. The lowest BCUT2D eigenvalue weighted by molar-refractivity contribution is 0.102. The summed E-state index contributed by atoms with van der Waals surface area (Å²) < 4.78 is 1.60. The number of anilines is 2. The second-order valence-electron chi connectivity index (χ2n) is 7.26. The molecule has 2 aromatic carbocycles. The highest BCUT2D eigenvalue weighted by atomic mass is 16.2. The van der Waals surface area contributed by atoms with Gasteiger partial charge in [-0.05, 0) is 49.4 Å². The van der Waals surface area contributed by atoms with Crippen LogP contribution in [0.25, 0.3) is 5.69 Å². The fourth-order valence-electron chi connectivity index (χ4n) is 3.66. The molecule has 7 nitrogen and oxygen atoms in total. The van der Waals surface area contributed by atoms with Crippen LogP contribution in [-0.4, -0.2) is 58.5 Å². The molecular formula is C22H26N6O. The van der Waals surface area contributed by atoms with E-state index < -0.39 is 0 Å². The van der Waals surface area contributed by atoms with Crippen LogP contribution < -0.4 is 10.2 Å². The highest BCUT2D eigenvalue weighted by Crippen LogP contribution is 2.25. The van der Waals surface area contributed by atoms with Gasteiger partial charge in [0.1, 0.15) is 0 Å². The molecule has 1 aromatic heterocycles. The lowest BCUT2D eigenvalue weighted by Crippen LogP contribution is -2.46. The topological polar surface area (TPSA) is 66.3 Å². The van der Waals surface area contributed by atoms with Crippen molar-refractivity contribution in [1.29, 1.82) is 0 Å². The number of benzene rings is 2. The van der Waals surface area contributed by atoms with E-state index in [0.717, 1.165) is 49.7 Å². The fraction of sp³-hybridized carbons (Fsp3) is 0.318. The predicted molar refractivity (Wildman–Crippen MR) is 115 cm³/mol. The summed E-state index contributed by atoms with van der Waals surface area (Å²) in [6.07, 6.45) is 1.64. The van der Waals surface area contributed by atoms with Gasteiger partial charge < -0.3 is 15.1 Å². The molecule has 1 aliphatic rings. The van der Waals surface area contributed by atoms with Gasteiger partial charge in [-0.15, -0.1) is 5.10 Å². The van der Waals surface area contributed by atoms with Crippen molar-refractivity contribution in [1.82, 2.24) is 19.9 Å². The number of carbonyl (C=O) groups is 1. The largest absolute Gasteiger partial charge is 0.369 e. The molecule has 7 heteroatoms. The molecule has 150 valence electrons. The molecule has 0 unspecified atom stereocenters. The summed E-state index contributed by atoms with van der Waals surface area (Å²) in [6.45, 7) is 9.63. The summed E-state index contributed by atoms with van der Waals surface area (Å²) in [5, 5.41) is 11.0. The van der Waals surface area contributed by atoms with Gasteiger partial charge in [0, 0.05) is 37.6 Å². The molecular weight excluding hydrogens is 364 g/mol. The summed E-state index contributed by atoms with van der Waals surface area (Å²) >= 11 is 0. The van der Waals surface area contributed by atoms with Crippen LogP contribution in [-0.2, 0) is 0 Å². The van der Waals surface area contributed by atoms with Gasteiger partial charge in [-0.2, -0.15) is 0 Å². The van der Waals surface area contributed by atoms with Crippen molar-refractivity contribution in [3.05, 3.63) is 66.0 Å². The molecule has 2 heterocycles. The van der Waals surface area contributed by atoms with Crippen LogP contribution in [0.3, 0.4) is 0 Å². The van der Waals surface area contributed by atoms with Crippen molar-refractivity contribution >= 4 is 17.3 Å². The SMILES string of the molecule is CCN1CCN(c2ccc(NC(=O)c3cn(-c4ccccc4)nn3)cc2C)CC1. The van der Waals surface area contributed by atoms with Crippen LogP contribution >= 0.6 is 0 Å². The molecule has 0 radical (unpaired) electrons. The predicted octanol–water partition coefficient (Wildman–Crippen LogP) is 2.97. The van der Waals surface area contributed by atoms with E-state index in [2.05, 4.69) is 45.3 Å². The Morgan fingerprint density at radius 2 is 1.83 bits per heavy atom. The standard InChI is InChI=1S/C22H26N6O/c1-3-26-11-13-27(14-12-26)21-10-9-18(15-17(21)2)23-22(29)20-16-28(25-24-20)19-7-5-4-6-8-19/h4-10,15-16H,3,11-14H2,1-2H3,(H,23,29). The smallest absolute Gasteiger partial charge is 0.277 e. The lowest BCUT2D eigenvalue weighted by atomic mass is 10.1. The highest BCUT2D eigenvalue weighted by Gasteiger charge is 2.18. The summed E-state index contributed by atoms with van der Waals surface area (Å²) in [6, 6.07) is 15.7. The second-order valence-corrected chi connectivity index (χ2v) is 7.26. The Labute approximate surface area is 170 Å².